The van der Waals surface area contributed by atoms with E-state index >= 15 is 0 Å². The van der Waals surface area contributed by atoms with Crippen LogP contribution < -0.4 is 10.6 Å². The van der Waals surface area contributed by atoms with Crippen LogP contribution in [0.5, 0.6) is 0 Å². The Hall–Kier alpha value is -1.76. The average Bonchev–Trinajstić information content (AvgIpc) is 2.52. The number of rotatable bonds is 5. The number of carbonyl (C=O) groups excluding carboxylic acids is 1. The molecule has 140 valence electrons. The first-order valence-electron chi connectivity index (χ1n) is 8.67. The monoisotopic (exact) mass is 357 g/mol. The molecule has 2 unspecified atom stereocenters. The fraction of sp³-hybridized carbons (Fsp3) is 0.611. The molecule has 1 aliphatic rings. The highest BCUT2D eigenvalue weighted by Crippen LogP contribution is 2.29. The Bertz CT molecular complexity index is 577. The summed E-state index contributed by atoms with van der Waals surface area (Å²) in [6, 6.07) is 4.59. The minimum atomic E-state index is -4.38. The van der Waals surface area contributed by atoms with Crippen LogP contribution in [0.3, 0.4) is 0 Å². The lowest BCUT2D eigenvalue weighted by Crippen LogP contribution is -2.47. The molecule has 1 heterocycles. The van der Waals surface area contributed by atoms with Gasteiger partial charge in [0.15, 0.2) is 0 Å². The third kappa shape index (κ3) is 6.57. The molecule has 2 N–H and O–H groups in total. The Kier molecular flexibility index (Phi) is 6.70. The van der Waals surface area contributed by atoms with E-state index in [1.165, 1.54) is 18.9 Å². The molecule has 2 amide bonds. The minimum absolute atomic E-state index is 0.0215. The van der Waals surface area contributed by atoms with E-state index < -0.39 is 11.7 Å². The zero-order valence-electron chi connectivity index (χ0n) is 14.7. The van der Waals surface area contributed by atoms with Crippen molar-refractivity contribution in [2.45, 2.75) is 45.5 Å². The summed E-state index contributed by atoms with van der Waals surface area (Å²) in [4.78, 5) is 14.3. The number of hydrogen-bond donors (Lipinski definition) is 2. The van der Waals surface area contributed by atoms with E-state index in [2.05, 4.69) is 22.5 Å². The van der Waals surface area contributed by atoms with Crippen LogP contribution in [0.4, 0.5) is 18.0 Å². The van der Waals surface area contributed by atoms with Crippen LogP contribution in [0.15, 0.2) is 24.3 Å². The first-order valence-corrected chi connectivity index (χ1v) is 8.67. The van der Waals surface area contributed by atoms with Gasteiger partial charge in [-0.1, -0.05) is 19.1 Å². The highest BCUT2D eigenvalue weighted by molar-refractivity contribution is 5.74. The van der Waals surface area contributed by atoms with Crippen LogP contribution in [0.25, 0.3) is 0 Å². The van der Waals surface area contributed by atoms with Gasteiger partial charge in [0, 0.05) is 25.7 Å². The number of carbonyl (C=O) groups is 1. The van der Waals surface area contributed by atoms with E-state index in [-0.39, 0.29) is 18.6 Å². The summed E-state index contributed by atoms with van der Waals surface area (Å²) in [6.07, 6.45) is -1.95. The van der Waals surface area contributed by atoms with Crippen molar-refractivity contribution in [3.8, 4) is 0 Å². The predicted molar refractivity (Wildman–Crippen MR) is 91.1 cm³/mol. The number of amides is 2. The third-order valence-electron chi connectivity index (χ3n) is 4.36. The highest BCUT2D eigenvalue weighted by atomic mass is 19.4. The van der Waals surface area contributed by atoms with Gasteiger partial charge in [0.05, 0.1) is 5.56 Å². The Labute approximate surface area is 146 Å². The van der Waals surface area contributed by atoms with Gasteiger partial charge in [-0.2, -0.15) is 13.2 Å². The maximum Gasteiger partial charge on any atom is 0.416 e. The maximum absolute atomic E-state index is 12.7. The first kappa shape index (κ1) is 19.6. The average molecular weight is 357 g/mol. The number of alkyl halides is 3. The molecule has 1 saturated heterocycles. The molecule has 0 spiro atoms. The lowest BCUT2D eigenvalue weighted by atomic mass is 10.00. The van der Waals surface area contributed by atoms with Crippen LogP contribution in [0, 0.1) is 5.92 Å². The number of hydrogen-bond acceptors (Lipinski definition) is 2. The fourth-order valence-corrected chi connectivity index (χ4v) is 3.20. The number of nitrogens with one attached hydrogen (secondary N) is 2. The molecule has 0 bridgehead atoms. The molecule has 0 saturated carbocycles. The summed E-state index contributed by atoms with van der Waals surface area (Å²) in [6.45, 7) is 7.08. The molecule has 7 heteroatoms. The molecule has 0 radical (unpaired) electrons. The second-order valence-electron chi connectivity index (χ2n) is 6.93. The SMILES string of the molecule is CC1CCCN(CC(C)NC(=O)NCc2cccc(C(F)(F)F)c2)C1. The first-order chi connectivity index (χ1) is 11.7. The predicted octanol–water partition coefficient (Wildman–Crippen LogP) is 3.63. The van der Waals surface area contributed by atoms with Crippen molar-refractivity contribution < 1.29 is 18.0 Å². The molecule has 0 aliphatic carbocycles. The van der Waals surface area contributed by atoms with Gasteiger partial charge in [-0.15, -0.1) is 0 Å². The maximum atomic E-state index is 12.7. The van der Waals surface area contributed by atoms with E-state index in [9.17, 15) is 18.0 Å². The second-order valence-corrected chi connectivity index (χ2v) is 6.93. The van der Waals surface area contributed by atoms with Crippen molar-refractivity contribution in [2.24, 2.45) is 5.92 Å². The summed E-state index contributed by atoms with van der Waals surface area (Å²) in [7, 11) is 0. The van der Waals surface area contributed by atoms with Crippen LogP contribution in [-0.2, 0) is 12.7 Å². The molecule has 2 rings (SSSR count). The van der Waals surface area contributed by atoms with Gasteiger partial charge in [0.25, 0.3) is 0 Å². The fourth-order valence-electron chi connectivity index (χ4n) is 3.20. The van der Waals surface area contributed by atoms with Crippen LogP contribution in [-0.4, -0.2) is 36.6 Å². The summed E-state index contributed by atoms with van der Waals surface area (Å²) in [5.74, 6) is 0.677. The largest absolute Gasteiger partial charge is 0.416 e. The molecule has 25 heavy (non-hydrogen) atoms. The third-order valence-corrected chi connectivity index (χ3v) is 4.36. The Balaban J connectivity index is 1.76. The van der Waals surface area contributed by atoms with Gasteiger partial charge < -0.3 is 15.5 Å². The van der Waals surface area contributed by atoms with E-state index in [0.717, 1.165) is 31.8 Å². The zero-order valence-corrected chi connectivity index (χ0v) is 14.7. The van der Waals surface area contributed by atoms with Crippen molar-refractivity contribution in [2.75, 3.05) is 19.6 Å². The second kappa shape index (κ2) is 8.56. The molecule has 1 fully saturated rings. The van der Waals surface area contributed by atoms with E-state index in [4.69, 9.17) is 0 Å². The smallest absolute Gasteiger partial charge is 0.334 e. The lowest BCUT2D eigenvalue weighted by Gasteiger charge is -2.32. The number of halogens is 3. The molecule has 1 aliphatic heterocycles. The highest BCUT2D eigenvalue weighted by Gasteiger charge is 2.30. The standard InChI is InChI=1S/C18H26F3N3O/c1-13-5-4-8-24(11-13)12-14(2)23-17(25)22-10-15-6-3-7-16(9-15)18(19,20)21/h3,6-7,9,13-14H,4-5,8,10-12H2,1-2H3,(H2,22,23,25). The van der Waals surface area contributed by atoms with Crippen molar-refractivity contribution in [3.63, 3.8) is 0 Å². The van der Waals surface area contributed by atoms with Gasteiger partial charge in [-0.25, -0.2) is 4.79 Å². The van der Waals surface area contributed by atoms with Gasteiger partial charge in [-0.05, 0) is 49.9 Å². The topological polar surface area (TPSA) is 44.4 Å². The molecular formula is C18H26F3N3O. The number of nitrogens with zero attached hydrogens (tertiary/aromatic N) is 1. The van der Waals surface area contributed by atoms with Crippen molar-refractivity contribution >= 4 is 6.03 Å². The zero-order chi connectivity index (χ0) is 18.4. The molecule has 1 aromatic carbocycles. The number of benzene rings is 1. The molecular weight excluding hydrogens is 331 g/mol. The number of likely N-dealkylation sites (tertiary alicyclic amines) is 1. The minimum Gasteiger partial charge on any atom is -0.334 e. The van der Waals surface area contributed by atoms with Gasteiger partial charge in [-0.3, -0.25) is 0 Å². The summed E-state index contributed by atoms with van der Waals surface area (Å²) >= 11 is 0. The van der Waals surface area contributed by atoms with Crippen LogP contribution in [0.1, 0.15) is 37.8 Å². The Morgan fingerprint density at radius 1 is 1.40 bits per heavy atom. The van der Waals surface area contributed by atoms with Gasteiger partial charge >= 0.3 is 12.2 Å². The van der Waals surface area contributed by atoms with Crippen LogP contribution >= 0.6 is 0 Å². The van der Waals surface area contributed by atoms with E-state index in [1.807, 2.05) is 6.92 Å². The molecule has 4 nitrogen and oxygen atoms in total. The van der Waals surface area contributed by atoms with Crippen molar-refractivity contribution in [3.05, 3.63) is 35.4 Å². The van der Waals surface area contributed by atoms with E-state index in [0.29, 0.717) is 11.5 Å². The molecule has 0 aromatic heterocycles. The van der Waals surface area contributed by atoms with Gasteiger partial charge in [0.2, 0.25) is 0 Å². The Morgan fingerprint density at radius 2 is 2.16 bits per heavy atom. The normalized spacial score (nSPS) is 20.1. The van der Waals surface area contributed by atoms with Gasteiger partial charge in [0.1, 0.15) is 0 Å². The Morgan fingerprint density at radius 3 is 2.84 bits per heavy atom. The van der Waals surface area contributed by atoms with Crippen molar-refractivity contribution in [1.82, 2.24) is 15.5 Å². The number of urea groups is 1. The lowest BCUT2D eigenvalue weighted by molar-refractivity contribution is -0.137. The van der Waals surface area contributed by atoms with Crippen LogP contribution in [0.2, 0.25) is 0 Å². The van der Waals surface area contributed by atoms with E-state index in [1.54, 1.807) is 6.07 Å². The number of piperidine rings is 1. The molecule has 2 atom stereocenters. The van der Waals surface area contributed by atoms with Crippen molar-refractivity contribution in [1.29, 1.82) is 0 Å². The molecule has 1 aromatic rings. The summed E-state index contributed by atoms with van der Waals surface area (Å²) in [5.41, 5.74) is -0.290. The quantitative estimate of drug-likeness (QED) is 0.845. The summed E-state index contributed by atoms with van der Waals surface area (Å²) < 4.78 is 38.1. The summed E-state index contributed by atoms with van der Waals surface area (Å²) in [5, 5.41) is 5.46.